The van der Waals surface area contributed by atoms with Crippen molar-refractivity contribution in [3.05, 3.63) is 82.4 Å². The van der Waals surface area contributed by atoms with Crippen LogP contribution in [-0.4, -0.2) is 23.5 Å². The molecular weight excluding hydrogens is 514 g/mol. The average molecular weight is 536 g/mol. The summed E-state index contributed by atoms with van der Waals surface area (Å²) in [6.07, 6.45) is -5.83. The highest BCUT2D eigenvalue weighted by atomic mass is 19.4. The summed E-state index contributed by atoms with van der Waals surface area (Å²) in [5.41, 5.74) is -1.64. The number of pyridine rings is 1. The zero-order chi connectivity index (χ0) is 27.8. The van der Waals surface area contributed by atoms with Crippen molar-refractivity contribution in [1.82, 2.24) is 4.98 Å². The molecule has 4 rings (SSSR count). The van der Waals surface area contributed by atoms with E-state index in [9.17, 15) is 35.9 Å². The van der Waals surface area contributed by atoms with Gasteiger partial charge in [-0.2, -0.15) is 13.2 Å². The Morgan fingerprint density at radius 1 is 1.11 bits per heavy atom. The summed E-state index contributed by atoms with van der Waals surface area (Å²) in [7, 11) is 0. The van der Waals surface area contributed by atoms with Crippen molar-refractivity contribution < 1.29 is 40.7 Å². The van der Waals surface area contributed by atoms with Gasteiger partial charge in [-0.1, -0.05) is 12.1 Å². The van der Waals surface area contributed by atoms with E-state index >= 15 is 0 Å². The standard InChI is InChI=1S/C27H22F6N2O3/c1-3-38-24(36)18-12-17(10-14(2)22(18)15-4-7-21(23(29)30)34-13-15)35-25(37)26(8-9-26)19-6-5-16(11-20(19)28)27(31,32)33/h4-7,10-13,23H,3,8-9H2,1-2H3,(H,35,37). The summed E-state index contributed by atoms with van der Waals surface area (Å²) in [5.74, 6) is -2.50. The topological polar surface area (TPSA) is 68.3 Å². The van der Waals surface area contributed by atoms with E-state index in [0.717, 1.165) is 18.2 Å². The molecule has 11 heteroatoms. The Labute approximate surface area is 213 Å². The Hall–Kier alpha value is -3.89. The molecule has 0 saturated heterocycles. The van der Waals surface area contributed by atoms with Crippen LogP contribution >= 0.6 is 0 Å². The number of aryl methyl sites for hydroxylation is 1. The number of esters is 1. The van der Waals surface area contributed by atoms with Gasteiger partial charge in [0, 0.05) is 28.6 Å². The molecule has 0 spiro atoms. The predicted molar refractivity (Wildman–Crippen MR) is 126 cm³/mol. The molecular formula is C27H22F6N2O3. The quantitative estimate of drug-likeness (QED) is 0.261. The second-order valence-electron chi connectivity index (χ2n) is 8.94. The molecule has 0 unspecified atom stereocenters. The van der Waals surface area contributed by atoms with Crippen LogP contribution in [0.4, 0.5) is 32.0 Å². The van der Waals surface area contributed by atoms with Gasteiger partial charge >= 0.3 is 12.1 Å². The summed E-state index contributed by atoms with van der Waals surface area (Å²) in [6, 6.07) is 7.49. The van der Waals surface area contributed by atoms with Gasteiger partial charge in [0.05, 0.1) is 23.1 Å². The van der Waals surface area contributed by atoms with Gasteiger partial charge in [0.25, 0.3) is 6.43 Å². The third-order valence-electron chi connectivity index (χ3n) is 6.38. The van der Waals surface area contributed by atoms with Gasteiger partial charge in [-0.25, -0.2) is 18.0 Å². The summed E-state index contributed by atoms with van der Waals surface area (Å²) in [4.78, 5) is 29.7. The maximum atomic E-state index is 14.7. The van der Waals surface area contributed by atoms with E-state index in [1.54, 1.807) is 13.8 Å². The van der Waals surface area contributed by atoms with Crippen molar-refractivity contribution in [2.45, 2.75) is 44.7 Å². The molecule has 1 aliphatic rings. The van der Waals surface area contributed by atoms with Crippen LogP contribution in [0.3, 0.4) is 0 Å². The predicted octanol–water partition coefficient (Wildman–Crippen LogP) is 7.00. The smallest absolute Gasteiger partial charge is 0.416 e. The van der Waals surface area contributed by atoms with Crippen molar-refractivity contribution in [2.24, 2.45) is 0 Å². The number of alkyl halides is 5. The number of nitrogens with zero attached hydrogens (tertiary/aromatic N) is 1. The number of aromatic nitrogens is 1. The second kappa shape index (κ2) is 10.1. The Balaban J connectivity index is 1.68. The van der Waals surface area contributed by atoms with Gasteiger partial charge < -0.3 is 10.1 Å². The van der Waals surface area contributed by atoms with Crippen LogP contribution in [0.25, 0.3) is 11.1 Å². The molecule has 0 atom stereocenters. The number of ether oxygens (including phenoxy) is 1. The molecule has 1 saturated carbocycles. The molecule has 0 bridgehead atoms. The van der Waals surface area contributed by atoms with Crippen molar-refractivity contribution in [2.75, 3.05) is 11.9 Å². The summed E-state index contributed by atoms with van der Waals surface area (Å²) >= 11 is 0. The molecule has 5 nitrogen and oxygen atoms in total. The number of benzene rings is 2. The molecule has 0 radical (unpaired) electrons. The van der Waals surface area contributed by atoms with E-state index in [2.05, 4.69) is 10.3 Å². The van der Waals surface area contributed by atoms with E-state index in [0.29, 0.717) is 22.8 Å². The molecule has 1 heterocycles. The normalized spacial score (nSPS) is 14.3. The van der Waals surface area contributed by atoms with Crippen LogP contribution in [0.2, 0.25) is 0 Å². The Morgan fingerprint density at radius 2 is 1.82 bits per heavy atom. The van der Waals surface area contributed by atoms with E-state index in [4.69, 9.17) is 4.74 Å². The second-order valence-corrected chi connectivity index (χ2v) is 8.94. The maximum Gasteiger partial charge on any atom is 0.416 e. The van der Waals surface area contributed by atoms with Gasteiger partial charge in [0.15, 0.2) is 0 Å². The van der Waals surface area contributed by atoms with Gasteiger partial charge in [0.1, 0.15) is 11.5 Å². The Morgan fingerprint density at radius 3 is 2.34 bits per heavy atom. The van der Waals surface area contributed by atoms with Gasteiger partial charge in [-0.15, -0.1) is 0 Å². The van der Waals surface area contributed by atoms with Crippen molar-refractivity contribution >= 4 is 17.6 Å². The monoisotopic (exact) mass is 536 g/mol. The van der Waals surface area contributed by atoms with Crippen molar-refractivity contribution in [3.8, 4) is 11.1 Å². The Bertz CT molecular complexity index is 1380. The molecule has 2 aromatic carbocycles. The highest BCUT2D eigenvalue weighted by Gasteiger charge is 2.53. The minimum Gasteiger partial charge on any atom is -0.462 e. The molecule has 1 fully saturated rings. The van der Waals surface area contributed by atoms with Crippen LogP contribution < -0.4 is 5.32 Å². The first-order valence-corrected chi connectivity index (χ1v) is 11.6. The molecule has 3 aromatic rings. The first kappa shape index (κ1) is 27.2. The summed E-state index contributed by atoms with van der Waals surface area (Å²) < 4.78 is 84.5. The highest BCUT2D eigenvalue weighted by Crippen LogP contribution is 2.50. The van der Waals surface area contributed by atoms with Crippen LogP contribution in [0.15, 0.2) is 48.7 Å². The molecule has 1 amide bonds. The largest absolute Gasteiger partial charge is 0.462 e. The summed E-state index contributed by atoms with van der Waals surface area (Å²) in [6.45, 7) is 3.29. The van der Waals surface area contributed by atoms with E-state index in [1.165, 1.54) is 24.4 Å². The van der Waals surface area contributed by atoms with Crippen LogP contribution in [0.5, 0.6) is 0 Å². The van der Waals surface area contributed by atoms with Gasteiger partial charge in [-0.05, 0) is 62.6 Å². The number of hydrogen-bond donors (Lipinski definition) is 1. The zero-order valence-corrected chi connectivity index (χ0v) is 20.3. The molecule has 1 aromatic heterocycles. The minimum absolute atomic E-state index is 0.0410. The number of amides is 1. The lowest BCUT2D eigenvalue weighted by molar-refractivity contribution is -0.137. The number of anilines is 1. The highest BCUT2D eigenvalue weighted by molar-refractivity contribution is 6.04. The first-order chi connectivity index (χ1) is 17.9. The lowest BCUT2D eigenvalue weighted by Gasteiger charge is -2.19. The lowest BCUT2D eigenvalue weighted by atomic mass is 9.92. The van der Waals surface area contributed by atoms with E-state index < -0.39 is 47.0 Å². The van der Waals surface area contributed by atoms with Crippen LogP contribution in [0.1, 0.15) is 58.9 Å². The van der Waals surface area contributed by atoms with E-state index in [-0.39, 0.29) is 36.3 Å². The lowest BCUT2D eigenvalue weighted by Crippen LogP contribution is -2.29. The number of hydrogen-bond acceptors (Lipinski definition) is 4. The van der Waals surface area contributed by atoms with E-state index in [1.807, 2.05) is 0 Å². The number of rotatable bonds is 7. The number of nitrogens with one attached hydrogen (secondary N) is 1. The van der Waals surface area contributed by atoms with Gasteiger partial charge in [0.2, 0.25) is 5.91 Å². The minimum atomic E-state index is -4.73. The van der Waals surface area contributed by atoms with Crippen LogP contribution in [0, 0.1) is 12.7 Å². The summed E-state index contributed by atoms with van der Waals surface area (Å²) in [5, 5.41) is 2.65. The number of carbonyl (C=O) groups excluding carboxylic acids is 2. The third-order valence-corrected chi connectivity index (χ3v) is 6.38. The number of halogens is 6. The number of carbonyl (C=O) groups is 2. The molecule has 38 heavy (non-hydrogen) atoms. The Kier molecular flexibility index (Phi) is 7.22. The first-order valence-electron chi connectivity index (χ1n) is 11.6. The van der Waals surface area contributed by atoms with Crippen molar-refractivity contribution in [1.29, 1.82) is 0 Å². The van der Waals surface area contributed by atoms with Crippen molar-refractivity contribution in [3.63, 3.8) is 0 Å². The zero-order valence-electron chi connectivity index (χ0n) is 20.3. The molecule has 0 aliphatic heterocycles. The molecule has 1 N–H and O–H groups in total. The fraction of sp³-hybridized carbons (Fsp3) is 0.296. The van der Waals surface area contributed by atoms with Gasteiger partial charge in [-0.3, -0.25) is 9.78 Å². The molecule has 200 valence electrons. The average Bonchev–Trinajstić information content (AvgIpc) is 3.65. The molecule has 1 aliphatic carbocycles. The fourth-order valence-electron chi connectivity index (χ4n) is 4.37. The SMILES string of the molecule is CCOC(=O)c1cc(NC(=O)C2(c3ccc(C(F)(F)F)cc3F)CC2)cc(C)c1-c1ccc(C(F)F)nc1. The fourth-order valence-corrected chi connectivity index (χ4v) is 4.37. The van der Waals surface area contributed by atoms with Crippen LogP contribution in [-0.2, 0) is 21.1 Å². The third kappa shape index (κ3) is 5.23. The maximum absolute atomic E-state index is 14.7.